The van der Waals surface area contributed by atoms with Crippen molar-refractivity contribution in [1.29, 1.82) is 0 Å². The average molecular weight is 593 g/mol. The summed E-state index contributed by atoms with van der Waals surface area (Å²) < 4.78 is 31.1. The first-order valence-corrected chi connectivity index (χ1v) is 11.9. The molecule has 0 atom stereocenters. The van der Waals surface area contributed by atoms with Gasteiger partial charge in [0.25, 0.3) is 5.91 Å². The van der Waals surface area contributed by atoms with E-state index in [9.17, 15) is 14.7 Å². The quantitative estimate of drug-likeness (QED) is 0.424. The Morgan fingerprint density at radius 1 is 0.971 bits per heavy atom. The van der Waals surface area contributed by atoms with E-state index in [1.54, 1.807) is 19.1 Å². The maximum absolute atomic E-state index is 15.1. The summed E-state index contributed by atoms with van der Waals surface area (Å²) in [6.07, 6.45) is 0. The molecule has 1 amide bonds. The number of hydrogen-bond acceptors (Lipinski definition) is 6. The fourth-order valence-corrected chi connectivity index (χ4v) is 4.49. The van der Waals surface area contributed by atoms with Crippen molar-refractivity contribution < 1.29 is 23.5 Å². The fraction of sp³-hybridized carbons (Fsp3) is 0.250. The van der Waals surface area contributed by atoms with Crippen LogP contribution in [-0.4, -0.2) is 58.3 Å². The predicted octanol–water partition coefficient (Wildman–Crippen LogP) is 4.38. The maximum Gasteiger partial charge on any atom is 0.337 e. The van der Waals surface area contributed by atoms with Gasteiger partial charge in [-0.25, -0.2) is 13.6 Å². The maximum atomic E-state index is 15.1. The standard InChI is InChI=1S/C24H22F2IN5O3/c1-13-11-15(27)4-5-18(13)28-22-17(24(34)35)12-16(20(25)21(22)26)23(33)32-9-7-31(8-10-32)19-6-3-14(2)29-30-19/h3-6,11-12,28H,7-10H2,1-2H3,(H,34,35). The Morgan fingerprint density at radius 3 is 2.29 bits per heavy atom. The number of aryl methyl sites for hydroxylation is 2. The van der Waals surface area contributed by atoms with Crippen molar-refractivity contribution in [2.24, 2.45) is 0 Å². The van der Waals surface area contributed by atoms with E-state index in [-0.39, 0.29) is 13.1 Å². The van der Waals surface area contributed by atoms with Crippen molar-refractivity contribution >= 4 is 51.7 Å². The number of carbonyl (C=O) groups excluding carboxylic acids is 1. The highest BCUT2D eigenvalue weighted by Gasteiger charge is 2.30. The van der Waals surface area contributed by atoms with Crippen LogP contribution in [0.15, 0.2) is 36.4 Å². The van der Waals surface area contributed by atoms with Crippen molar-refractivity contribution in [3.8, 4) is 0 Å². The Bertz CT molecular complexity index is 1300. The van der Waals surface area contributed by atoms with E-state index in [1.165, 1.54) is 4.90 Å². The molecule has 0 saturated carbocycles. The molecule has 8 nitrogen and oxygen atoms in total. The van der Waals surface area contributed by atoms with Gasteiger partial charge in [0, 0.05) is 35.4 Å². The first-order valence-electron chi connectivity index (χ1n) is 10.8. The van der Waals surface area contributed by atoms with Gasteiger partial charge in [0.05, 0.1) is 22.5 Å². The molecule has 1 aromatic heterocycles. The summed E-state index contributed by atoms with van der Waals surface area (Å²) in [4.78, 5) is 28.3. The number of carboxylic acids is 1. The Labute approximate surface area is 214 Å². The first kappa shape index (κ1) is 24.8. The lowest BCUT2D eigenvalue weighted by molar-refractivity contribution is 0.0697. The van der Waals surface area contributed by atoms with E-state index in [0.717, 1.165) is 20.9 Å². The van der Waals surface area contributed by atoms with Crippen LogP contribution < -0.4 is 10.2 Å². The number of rotatable bonds is 5. The molecule has 1 saturated heterocycles. The number of nitrogens with one attached hydrogen (secondary N) is 1. The number of hydrogen-bond donors (Lipinski definition) is 2. The lowest BCUT2D eigenvalue weighted by atomic mass is 10.0. The van der Waals surface area contributed by atoms with Crippen molar-refractivity contribution in [2.75, 3.05) is 36.4 Å². The zero-order valence-corrected chi connectivity index (χ0v) is 21.1. The predicted molar refractivity (Wildman–Crippen MR) is 135 cm³/mol. The molecule has 1 aliphatic heterocycles. The average Bonchev–Trinajstić information content (AvgIpc) is 2.83. The monoisotopic (exact) mass is 593 g/mol. The molecule has 3 aromatic rings. The van der Waals surface area contributed by atoms with Crippen LogP contribution in [0.25, 0.3) is 0 Å². The zero-order valence-electron chi connectivity index (χ0n) is 19.0. The van der Waals surface area contributed by atoms with Gasteiger partial charge >= 0.3 is 5.97 Å². The zero-order chi connectivity index (χ0) is 25.3. The van der Waals surface area contributed by atoms with Crippen LogP contribution in [0.5, 0.6) is 0 Å². The first-order chi connectivity index (χ1) is 16.7. The highest BCUT2D eigenvalue weighted by Crippen LogP contribution is 2.31. The molecule has 0 radical (unpaired) electrons. The number of anilines is 3. The fourth-order valence-electron chi connectivity index (χ4n) is 3.84. The molecule has 0 aliphatic carbocycles. The second kappa shape index (κ2) is 10.1. The lowest BCUT2D eigenvalue weighted by Gasteiger charge is -2.35. The second-order valence-corrected chi connectivity index (χ2v) is 9.42. The normalized spacial score (nSPS) is 13.6. The van der Waals surface area contributed by atoms with Crippen molar-refractivity contribution in [1.82, 2.24) is 15.1 Å². The molecular formula is C24H22F2IN5O3. The van der Waals surface area contributed by atoms with Crippen LogP contribution in [0.1, 0.15) is 32.0 Å². The Hall–Kier alpha value is -3.35. The molecule has 1 fully saturated rings. The summed E-state index contributed by atoms with van der Waals surface area (Å²) in [5, 5.41) is 20.5. The minimum absolute atomic E-state index is 0.236. The van der Waals surface area contributed by atoms with E-state index in [4.69, 9.17) is 0 Å². The number of benzene rings is 2. The van der Waals surface area contributed by atoms with Crippen LogP contribution in [0.3, 0.4) is 0 Å². The second-order valence-electron chi connectivity index (χ2n) is 8.18. The third kappa shape index (κ3) is 5.19. The molecule has 1 aliphatic rings. The number of halogens is 3. The number of carbonyl (C=O) groups is 2. The molecule has 0 bridgehead atoms. The summed E-state index contributed by atoms with van der Waals surface area (Å²) in [7, 11) is 0. The summed E-state index contributed by atoms with van der Waals surface area (Å²) >= 11 is 2.11. The van der Waals surface area contributed by atoms with Gasteiger partial charge in [0.15, 0.2) is 17.5 Å². The number of amides is 1. The van der Waals surface area contributed by atoms with Gasteiger partial charge in [-0.2, -0.15) is 5.10 Å². The topological polar surface area (TPSA) is 98.7 Å². The third-order valence-corrected chi connectivity index (χ3v) is 6.46. The molecular weight excluding hydrogens is 571 g/mol. The van der Waals surface area contributed by atoms with Crippen LogP contribution >= 0.6 is 22.6 Å². The van der Waals surface area contributed by atoms with Crippen molar-refractivity contribution in [3.63, 3.8) is 0 Å². The van der Waals surface area contributed by atoms with Crippen LogP contribution in [-0.2, 0) is 0 Å². The molecule has 4 rings (SSSR count). The number of carboxylic acid groups (broad SMARTS) is 1. The molecule has 2 heterocycles. The number of piperazine rings is 1. The molecule has 0 unspecified atom stereocenters. The van der Waals surface area contributed by atoms with Gasteiger partial charge in [-0.3, -0.25) is 4.79 Å². The van der Waals surface area contributed by atoms with E-state index in [1.807, 2.05) is 30.0 Å². The van der Waals surface area contributed by atoms with Crippen LogP contribution in [0.4, 0.5) is 26.0 Å². The number of nitrogens with zero attached hydrogens (tertiary/aromatic N) is 4. The van der Waals surface area contributed by atoms with Crippen molar-refractivity contribution in [2.45, 2.75) is 13.8 Å². The van der Waals surface area contributed by atoms with Gasteiger partial charge in [0.2, 0.25) is 0 Å². The van der Waals surface area contributed by atoms with E-state index < -0.39 is 40.3 Å². The molecule has 182 valence electrons. The van der Waals surface area contributed by atoms with Gasteiger partial charge in [-0.05, 0) is 78.4 Å². The van der Waals surface area contributed by atoms with Gasteiger partial charge in [-0.15, -0.1) is 5.10 Å². The largest absolute Gasteiger partial charge is 0.478 e. The number of aromatic nitrogens is 2. The Morgan fingerprint density at radius 2 is 1.69 bits per heavy atom. The lowest BCUT2D eigenvalue weighted by Crippen LogP contribution is -2.49. The summed E-state index contributed by atoms with van der Waals surface area (Å²) in [6.45, 7) is 4.91. The smallest absolute Gasteiger partial charge is 0.337 e. The van der Waals surface area contributed by atoms with Crippen LogP contribution in [0, 0.1) is 29.1 Å². The van der Waals surface area contributed by atoms with E-state index >= 15 is 8.78 Å². The number of aromatic carboxylic acids is 1. The molecule has 2 aromatic carbocycles. The SMILES string of the molecule is Cc1ccc(N2CCN(C(=O)c3cc(C(=O)O)c(Nc4ccc(I)cc4C)c(F)c3F)CC2)nn1. The minimum atomic E-state index is -1.48. The molecule has 35 heavy (non-hydrogen) atoms. The van der Waals surface area contributed by atoms with Gasteiger partial charge in [-0.1, -0.05) is 0 Å². The van der Waals surface area contributed by atoms with Gasteiger partial charge in [0.1, 0.15) is 0 Å². The Kier molecular flexibility index (Phi) is 7.15. The van der Waals surface area contributed by atoms with Crippen molar-refractivity contribution in [3.05, 3.63) is 74.0 Å². The summed E-state index contributed by atoms with van der Waals surface area (Å²) in [6, 6.07) is 9.78. The summed E-state index contributed by atoms with van der Waals surface area (Å²) in [5.74, 6) is -4.39. The molecule has 11 heteroatoms. The van der Waals surface area contributed by atoms with E-state index in [2.05, 4.69) is 38.1 Å². The summed E-state index contributed by atoms with van der Waals surface area (Å²) in [5.41, 5.74) is 0.264. The van der Waals surface area contributed by atoms with E-state index in [0.29, 0.717) is 24.6 Å². The highest BCUT2D eigenvalue weighted by molar-refractivity contribution is 14.1. The molecule has 2 N–H and O–H groups in total. The molecule has 0 spiro atoms. The highest BCUT2D eigenvalue weighted by atomic mass is 127. The third-order valence-electron chi connectivity index (χ3n) is 5.79. The van der Waals surface area contributed by atoms with Gasteiger partial charge < -0.3 is 20.2 Å². The minimum Gasteiger partial charge on any atom is -0.478 e. The Balaban J connectivity index is 1.58. The van der Waals surface area contributed by atoms with Crippen LogP contribution in [0.2, 0.25) is 0 Å².